The summed E-state index contributed by atoms with van der Waals surface area (Å²) < 4.78 is 34.3. The fourth-order valence-electron chi connectivity index (χ4n) is 9.59. The number of allylic oxidation sites excluding steroid dienone is 20. The summed E-state index contributed by atoms with van der Waals surface area (Å²) in [6, 6.07) is 0. The van der Waals surface area contributed by atoms with Gasteiger partial charge in [0.05, 0.1) is 27.7 Å². The Hall–Kier alpha value is -3.59. The molecule has 0 aliphatic rings. The lowest BCUT2D eigenvalue weighted by molar-refractivity contribution is -0.870. The lowest BCUT2D eigenvalue weighted by Gasteiger charge is -2.28. The Morgan fingerprint density at radius 1 is 0.372 bits per heavy atom. The van der Waals surface area contributed by atoms with Gasteiger partial charge in [-0.15, -0.1) is 0 Å². The highest BCUT2D eigenvalue weighted by Crippen LogP contribution is 2.38. The molecular formula is C76H132NO8P. The summed E-state index contributed by atoms with van der Waals surface area (Å²) in [5.74, 6) is -0.835. The van der Waals surface area contributed by atoms with Gasteiger partial charge < -0.3 is 27.9 Å². The third-order valence-electron chi connectivity index (χ3n) is 15.0. The van der Waals surface area contributed by atoms with Gasteiger partial charge in [-0.25, -0.2) is 0 Å². The normalized spacial score (nSPS) is 13.9. The number of rotatable bonds is 64. The van der Waals surface area contributed by atoms with Gasteiger partial charge in [0, 0.05) is 12.8 Å². The monoisotopic (exact) mass is 1220 g/mol. The van der Waals surface area contributed by atoms with Gasteiger partial charge in [0.25, 0.3) is 7.82 Å². The van der Waals surface area contributed by atoms with Crippen LogP contribution in [0.4, 0.5) is 0 Å². The number of unbranched alkanes of at least 4 members (excludes halogenated alkanes) is 30. The molecule has 0 heterocycles. The summed E-state index contributed by atoms with van der Waals surface area (Å²) in [6.45, 7) is 4.13. The Bertz CT molecular complexity index is 1870. The second kappa shape index (κ2) is 65.8. The molecule has 0 bridgehead atoms. The van der Waals surface area contributed by atoms with Crippen molar-refractivity contribution < 1.29 is 42.1 Å². The molecule has 0 aromatic rings. The van der Waals surface area contributed by atoms with Crippen molar-refractivity contribution in [2.75, 3.05) is 47.5 Å². The highest BCUT2D eigenvalue weighted by atomic mass is 31.2. The van der Waals surface area contributed by atoms with Gasteiger partial charge in [0.1, 0.15) is 19.8 Å². The lowest BCUT2D eigenvalue weighted by Crippen LogP contribution is -2.37. The van der Waals surface area contributed by atoms with E-state index in [0.29, 0.717) is 17.4 Å². The van der Waals surface area contributed by atoms with Crippen LogP contribution in [0.2, 0.25) is 0 Å². The summed E-state index contributed by atoms with van der Waals surface area (Å²) in [5, 5.41) is 0. The van der Waals surface area contributed by atoms with E-state index in [1.165, 1.54) is 161 Å². The number of hydrogen-bond donors (Lipinski definition) is 0. The molecule has 0 aromatic heterocycles. The Kier molecular flexibility index (Phi) is 63.1. The van der Waals surface area contributed by atoms with Crippen molar-refractivity contribution in [3.63, 3.8) is 0 Å². The molecule has 86 heavy (non-hydrogen) atoms. The average Bonchev–Trinajstić information content (AvgIpc) is 3.67. The van der Waals surface area contributed by atoms with Crippen molar-refractivity contribution in [2.45, 2.75) is 302 Å². The van der Waals surface area contributed by atoms with Gasteiger partial charge >= 0.3 is 11.9 Å². The fraction of sp³-hybridized carbons (Fsp3) is 0.711. The lowest BCUT2D eigenvalue weighted by atomic mass is 10.0. The molecule has 10 heteroatoms. The molecular weight excluding hydrogens is 1090 g/mol. The summed E-state index contributed by atoms with van der Waals surface area (Å²) in [6.07, 6.45) is 94.1. The van der Waals surface area contributed by atoms with Crippen molar-refractivity contribution in [1.82, 2.24) is 0 Å². The molecule has 494 valence electrons. The van der Waals surface area contributed by atoms with E-state index in [2.05, 4.69) is 135 Å². The van der Waals surface area contributed by atoms with Gasteiger partial charge in [0.15, 0.2) is 6.10 Å². The van der Waals surface area contributed by atoms with E-state index in [-0.39, 0.29) is 32.0 Å². The summed E-state index contributed by atoms with van der Waals surface area (Å²) in [4.78, 5) is 38.1. The first-order chi connectivity index (χ1) is 42.0. The number of esters is 2. The molecule has 0 aliphatic heterocycles. The quantitative estimate of drug-likeness (QED) is 0.0195. The number of hydrogen-bond acceptors (Lipinski definition) is 8. The minimum atomic E-state index is -4.65. The molecule has 2 atom stereocenters. The molecule has 0 aliphatic carbocycles. The van der Waals surface area contributed by atoms with E-state index >= 15 is 0 Å². The number of carbonyl (C=O) groups is 2. The minimum absolute atomic E-state index is 0.0355. The fourth-order valence-corrected chi connectivity index (χ4v) is 10.3. The van der Waals surface area contributed by atoms with Crippen LogP contribution >= 0.6 is 7.82 Å². The predicted octanol–water partition coefficient (Wildman–Crippen LogP) is 22.4. The van der Waals surface area contributed by atoms with Crippen molar-refractivity contribution in [1.29, 1.82) is 0 Å². The van der Waals surface area contributed by atoms with Crippen LogP contribution in [0.25, 0.3) is 0 Å². The minimum Gasteiger partial charge on any atom is -0.756 e. The number of likely N-dealkylation sites (N-methyl/N-ethyl adjacent to an activating group) is 1. The van der Waals surface area contributed by atoms with E-state index in [4.69, 9.17) is 18.5 Å². The highest BCUT2D eigenvalue weighted by molar-refractivity contribution is 7.45. The van der Waals surface area contributed by atoms with Gasteiger partial charge in [-0.05, 0) is 109 Å². The van der Waals surface area contributed by atoms with Crippen LogP contribution in [-0.4, -0.2) is 70.0 Å². The van der Waals surface area contributed by atoms with E-state index in [1.54, 1.807) is 0 Å². The Morgan fingerprint density at radius 3 is 0.988 bits per heavy atom. The molecule has 0 saturated carbocycles. The third kappa shape index (κ3) is 69.5. The zero-order valence-corrected chi connectivity index (χ0v) is 57.1. The maximum atomic E-state index is 12.9. The van der Waals surface area contributed by atoms with E-state index < -0.39 is 26.5 Å². The maximum absolute atomic E-state index is 12.9. The molecule has 0 fully saturated rings. The summed E-state index contributed by atoms with van der Waals surface area (Å²) in [7, 11) is 1.16. The number of carbonyl (C=O) groups excluding carboxylic acids is 2. The van der Waals surface area contributed by atoms with Crippen LogP contribution in [0.15, 0.2) is 122 Å². The van der Waals surface area contributed by atoms with Gasteiger partial charge in [-0.3, -0.25) is 14.2 Å². The van der Waals surface area contributed by atoms with Crippen LogP contribution in [0.3, 0.4) is 0 Å². The Labute approximate surface area is 530 Å². The molecule has 0 spiro atoms. The summed E-state index contributed by atoms with van der Waals surface area (Å²) in [5.41, 5.74) is 0. The standard InChI is InChI=1S/C76H132NO8P/c1-6-8-10-12-14-16-18-20-22-24-26-28-30-32-33-34-35-36-37-38-39-40-41-42-43-45-47-49-51-53-55-57-59-61-63-65-67-69-76(79)85-74(73-84-86(80,81)83-71-70-77(3,4)5)72-82-75(78)68-66-64-62-60-58-56-54-52-50-48-46-44-31-29-27-25-23-21-19-17-15-13-11-9-7-2/h8,10,14,16,19-22,25-28,31-33,35-36,38-39,44,74H,6-7,9,11-13,15,17-18,23-24,29-30,34,37,40-43,45-73H2,1-5H3/b10-8-,16-14-,21-19-,22-20-,27-25-,28-26-,33-32-,36-35-,39-38-,44-31-. The van der Waals surface area contributed by atoms with Crippen LogP contribution in [0, 0.1) is 0 Å². The first kappa shape index (κ1) is 82.4. The Morgan fingerprint density at radius 2 is 0.663 bits per heavy atom. The molecule has 2 unspecified atom stereocenters. The van der Waals surface area contributed by atoms with Gasteiger partial charge in [-0.2, -0.15) is 0 Å². The smallest absolute Gasteiger partial charge is 0.306 e. The molecule has 0 saturated heterocycles. The van der Waals surface area contributed by atoms with E-state index in [1.807, 2.05) is 21.1 Å². The SMILES string of the molecule is CC/C=C\C/C=C\C/C=C\C/C=C\C/C=C\C/C=C\C/C=C\CCCCCCCCCCCCCCCCCC(=O)OC(COC(=O)CCCCCCCCCCCC/C=C\C/C=C\C/C=C\CCCCCCC)COP(=O)([O-])OCC[N+](C)(C)C. The largest absolute Gasteiger partial charge is 0.756 e. The zero-order chi connectivity index (χ0) is 62.6. The number of quaternary nitrogens is 1. The first-order valence-corrected chi connectivity index (χ1v) is 36.7. The van der Waals surface area contributed by atoms with Crippen molar-refractivity contribution in [3.8, 4) is 0 Å². The molecule has 0 radical (unpaired) electrons. The topological polar surface area (TPSA) is 111 Å². The Balaban J connectivity index is 4.06. The molecule has 9 nitrogen and oxygen atoms in total. The van der Waals surface area contributed by atoms with Crippen LogP contribution < -0.4 is 4.89 Å². The first-order valence-electron chi connectivity index (χ1n) is 35.2. The van der Waals surface area contributed by atoms with Crippen LogP contribution in [0.1, 0.15) is 296 Å². The predicted molar refractivity (Wildman–Crippen MR) is 369 cm³/mol. The second-order valence-electron chi connectivity index (χ2n) is 24.5. The maximum Gasteiger partial charge on any atom is 0.306 e. The second-order valence-corrected chi connectivity index (χ2v) is 25.9. The zero-order valence-electron chi connectivity index (χ0n) is 56.2. The molecule has 0 amide bonds. The molecule has 0 aromatic carbocycles. The number of phosphoric ester groups is 1. The van der Waals surface area contributed by atoms with Crippen LogP contribution in [-0.2, 0) is 32.7 Å². The van der Waals surface area contributed by atoms with Crippen molar-refractivity contribution in [2.24, 2.45) is 0 Å². The van der Waals surface area contributed by atoms with Crippen LogP contribution in [0.5, 0.6) is 0 Å². The average molecular weight is 1220 g/mol. The third-order valence-corrected chi connectivity index (χ3v) is 15.9. The van der Waals surface area contributed by atoms with E-state index in [0.717, 1.165) is 103 Å². The molecule has 0 N–H and O–H groups in total. The highest BCUT2D eigenvalue weighted by Gasteiger charge is 2.22. The number of nitrogens with zero attached hydrogens (tertiary/aromatic N) is 1. The van der Waals surface area contributed by atoms with Crippen molar-refractivity contribution in [3.05, 3.63) is 122 Å². The van der Waals surface area contributed by atoms with E-state index in [9.17, 15) is 19.0 Å². The number of ether oxygens (including phenoxy) is 2. The number of phosphoric acid groups is 1. The summed E-state index contributed by atoms with van der Waals surface area (Å²) >= 11 is 0. The van der Waals surface area contributed by atoms with Crippen molar-refractivity contribution >= 4 is 19.8 Å². The van der Waals surface area contributed by atoms with Gasteiger partial charge in [0.2, 0.25) is 0 Å². The van der Waals surface area contributed by atoms with Gasteiger partial charge in [-0.1, -0.05) is 296 Å². The molecule has 0 rings (SSSR count).